The summed E-state index contributed by atoms with van der Waals surface area (Å²) >= 11 is 0. The Bertz CT molecular complexity index is 480. The molecule has 6 nitrogen and oxygen atoms in total. The number of hydrogen-bond acceptors (Lipinski definition) is 4. The van der Waals surface area contributed by atoms with Crippen LogP contribution in [0.1, 0.15) is 24.8 Å². The monoisotopic (exact) mass is 273 g/mol. The summed E-state index contributed by atoms with van der Waals surface area (Å²) in [4.78, 5) is 20.3. The van der Waals surface area contributed by atoms with Crippen LogP contribution in [0.15, 0.2) is 18.2 Å². The molecule has 0 aromatic heterocycles. The van der Waals surface area contributed by atoms with Crippen LogP contribution in [0.5, 0.6) is 0 Å². The molecule has 0 radical (unpaired) electrons. The van der Waals surface area contributed by atoms with E-state index in [9.17, 15) is 23.7 Å². The van der Waals surface area contributed by atoms with Gasteiger partial charge < -0.3 is 11.1 Å². The number of nitrogens with one attached hydrogen (secondary N) is 1. The second-order valence-electron chi connectivity index (χ2n) is 3.83. The van der Waals surface area contributed by atoms with Crippen molar-refractivity contribution in [3.63, 3.8) is 0 Å². The van der Waals surface area contributed by atoms with Crippen LogP contribution >= 0.6 is 0 Å². The molecule has 1 aromatic rings. The van der Waals surface area contributed by atoms with Gasteiger partial charge in [0.15, 0.2) is 0 Å². The highest BCUT2D eigenvalue weighted by Gasteiger charge is 2.17. The Morgan fingerprint density at radius 1 is 1.47 bits per heavy atom. The quantitative estimate of drug-likeness (QED) is 0.452. The Labute approximate surface area is 107 Å². The van der Waals surface area contributed by atoms with Crippen molar-refractivity contribution < 1.29 is 18.5 Å². The predicted molar refractivity (Wildman–Crippen MR) is 65.0 cm³/mol. The number of anilines is 1. The summed E-state index contributed by atoms with van der Waals surface area (Å²) in [6.07, 6.45) is -2.28. The summed E-state index contributed by atoms with van der Waals surface area (Å²) in [7, 11) is 0. The van der Waals surface area contributed by atoms with Gasteiger partial charge in [-0.1, -0.05) is 0 Å². The topological polar surface area (TPSA) is 98.3 Å². The highest BCUT2D eigenvalue weighted by atomic mass is 19.3. The number of nitro groups is 1. The Morgan fingerprint density at radius 2 is 2.16 bits per heavy atom. The number of nitrogens with two attached hydrogens (primary N) is 1. The van der Waals surface area contributed by atoms with Crippen LogP contribution in [0.3, 0.4) is 0 Å². The predicted octanol–water partition coefficient (Wildman–Crippen LogP) is 2.21. The minimum Gasteiger partial charge on any atom is -0.385 e. The maximum atomic E-state index is 12.8. The normalized spacial score (nSPS) is 10.5. The second-order valence-corrected chi connectivity index (χ2v) is 3.83. The van der Waals surface area contributed by atoms with Gasteiger partial charge in [0.25, 0.3) is 12.1 Å². The van der Waals surface area contributed by atoms with Gasteiger partial charge in [-0.05, 0) is 12.5 Å². The highest BCUT2D eigenvalue weighted by Crippen LogP contribution is 2.30. The van der Waals surface area contributed by atoms with E-state index in [-0.39, 0.29) is 18.7 Å². The lowest BCUT2D eigenvalue weighted by Gasteiger charge is -2.11. The van der Waals surface area contributed by atoms with Crippen molar-refractivity contribution >= 4 is 17.3 Å². The molecular formula is C11H13F2N3O3. The number of benzene rings is 1. The zero-order valence-corrected chi connectivity index (χ0v) is 9.94. The molecule has 8 heteroatoms. The van der Waals surface area contributed by atoms with Crippen molar-refractivity contribution in [3.05, 3.63) is 33.9 Å². The van der Waals surface area contributed by atoms with Gasteiger partial charge >= 0.3 is 0 Å². The first-order valence-corrected chi connectivity index (χ1v) is 5.50. The van der Waals surface area contributed by atoms with Gasteiger partial charge in [0.1, 0.15) is 0 Å². The van der Waals surface area contributed by atoms with Gasteiger partial charge in [0, 0.05) is 36.3 Å². The number of carbonyl (C=O) groups is 1. The molecule has 0 heterocycles. The smallest absolute Gasteiger partial charge is 0.270 e. The number of hydrogen-bond donors (Lipinski definition) is 2. The molecule has 0 aliphatic rings. The Morgan fingerprint density at radius 3 is 2.68 bits per heavy atom. The molecule has 0 aliphatic carbocycles. The van der Waals surface area contributed by atoms with E-state index < -0.39 is 28.5 Å². The maximum absolute atomic E-state index is 12.8. The molecule has 0 aliphatic heterocycles. The van der Waals surface area contributed by atoms with Crippen LogP contribution < -0.4 is 11.1 Å². The fraction of sp³-hybridized carbons (Fsp3) is 0.364. The lowest BCUT2D eigenvalue weighted by Crippen LogP contribution is -2.13. The van der Waals surface area contributed by atoms with Gasteiger partial charge in [-0.25, -0.2) is 8.78 Å². The van der Waals surface area contributed by atoms with Gasteiger partial charge in [0.2, 0.25) is 5.91 Å². The first-order chi connectivity index (χ1) is 8.91. The van der Waals surface area contributed by atoms with Gasteiger partial charge in [-0.3, -0.25) is 14.9 Å². The number of nitrogens with zero attached hydrogens (tertiary/aromatic N) is 1. The molecule has 1 aromatic carbocycles. The van der Waals surface area contributed by atoms with Gasteiger partial charge in [-0.15, -0.1) is 0 Å². The van der Waals surface area contributed by atoms with E-state index >= 15 is 0 Å². The number of halogens is 2. The average molecular weight is 273 g/mol. The molecule has 1 rings (SSSR count). The van der Waals surface area contributed by atoms with Gasteiger partial charge in [-0.2, -0.15) is 0 Å². The van der Waals surface area contributed by atoms with Crippen molar-refractivity contribution in [3.8, 4) is 0 Å². The number of rotatable bonds is 7. The minimum absolute atomic E-state index is 0.116. The fourth-order valence-corrected chi connectivity index (χ4v) is 1.49. The highest BCUT2D eigenvalue weighted by molar-refractivity contribution is 5.73. The van der Waals surface area contributed by atoms with E-state index in [1.165, 1.54) is 6.07 Å². The number of non-ortho nitro benzene ring substituents is 1. The van der Waals surface area contributed by atoms with Crippen LogP contribution in [0.25, 0.3) is 0 Å². The first kappa shape index (κ1) is 14.8. The van der Waals surface area contributed by atoms with E-state index in [1.807, 2.05) is 0 Å². The molecule has 0 saturated heterocycles. The third-order valence-corrected chi connectivity index (χ3v) is 2.40. The molecule has 3 N–H and O–H groups in total. The van der Waals surface area contributed by atoms with Crippen LogP contribution in [-0.2, 0) is 4.79 Å². The minimum atomic E-state index is -2.82. The number of amides is 1. The van der Waals surface area contributed by atoms with Crippen LogP contribution in [0.4, 0.5) is 20.2 Å². The Hall–Kier alpha value is -2.25. The third kappa shape index (κ3) is 4.49. The molecule has 0 unspecified atom stereocenters. The van der Waals surface area contributed by atoms with E-state index in [0.717, 1.165) is 12.1 Å². The lowest BCUT2D eigenvalue weighted by molar-refractivity contribution is -0.385. The number of primary amides is 1. The standard InChI is InChI=1S/C11H13F2N3O3/c12-11(13)8-6-7(16(18)19)3-4-9(8)15-5-1-2-10(14)17/h3-4,6,11,15H,1-2,5H2,(H2,14,17). The molecule has 19 heavy (non-hydrogen) atoms. The van der Waals surface area contributed by atoms with Crippen LogP contribution in [-0.4, -0.2) is 17.4 Å². The van der Waals surface area contributed by atoms with Crippen molar-refractivity contribution in [1.29, 1.82) is 0 Å². The number of carbonyl (C=O) groups excluding carboxylic acids is 1. The fourth-order valence-electron chi connectivity index (χ4n) is 1.49. The van der Waals surface area contributed by atoms with Crippen molar-refractivity contribution in [2.24, 2.45) is 5.73 Å². The van der Waals surface area contributed by atoms with Crippen LogP contribution in [0.2, 0.25) is 0 Å². The Kier molecular flexibility index (Phi) is 5.16. The molecule has 0 fully saturated rings. The Balaban J connectivity index is 2.76. The summed E-state index contributed by atoms with van der Waals surface area (Å²) in [5, 5.41) is 13.2. The van der Waals surface area contributed by atoms with Crippen molar-refractivity contribution in [2.45, 2.75) is 19.3 Å². The summed E-state index contributed by atoms with van der Waals surface area (Å²) in [5.41, 5.74) is 4.23. The largest absolute Gasteiger partial charge is 0.385 e. The maximum Gasteiger partial charge on any atom is 0.270 e. The first-order valence-electron chi connectivity index (χ1n) is 5.50. The van der Waals surface area contributed by atoms with Crippen molar-refractivity contribution in [2.75, 3.05) is 11.9 Å². The molecule has 0 saturated carbocycles. The van der Waals surface area contributed by atoms with E-state index in [0.29, 0.717) is 6.42 Å². The van der Waals surface area contributed by atoms with Crippen LogP contribution in [0, 0.1) is 10.1 Å². The number of alkyl halides is 2. The second kappa shape index (κ2) is 6.62. The lowest BCUT2D eigenvalue weighted by atomic mass is 10.1. The van der Waals surface area contributed by atoms with E-state index in [1.54, 1.807) is 0 Å². The van der Waals surface area contributed by atoms with E-state index in [2.05, 4.69) is 5.32 Å². The number of nitro benzene ring substituents is 1. The molecule has 0 atom stereocenters. The zero-order valence-electron chi connectivity index (χ0n) is 9.94. The summed E-state index contributed by atoms with van der Waals surface area (Å²) in [6, 6.07) is 3.20. The average Bonchev–Trinajstić information content (AvgIpc) is 2.34. The van der Waals surface area contributed by atoms with Gasteiger partial charge in [0.05, 0.1) is 4.92 Å². The molecule has 1 amide bonds. The molecule has 104 valence electrons. The summed E-state index contributed by atoms with van der Waals surface area (Å²) < 4.78 is 25.5. The third-order valence-electron chi connectivity index (χ3n) is 2.40. The van der Waals surface area contributed by atoms with E-state index in [4.69, 9.17) is 5.73 Å². The SMILES string of the molecule is NC(=O)CCCNc1ccc([N+](=O)[O-])cc1C(F)F. The van der Waals surface area contributed by atoms with Crippen molar-refractivity contribution in [1.82, 2.24) is 0 Å². The molecule has 0 spiro atoms. The summed E-state index contributed by atoms with van der Waals surface area (Å²) in [6.45, 7) is 0.278. The zero-order chi connectivity index (χ0) is 14.4. The molecular weight excluding hydrogens is 260 g/mol. The summed E-state index contributed by atoms with van der Waals surface area (Å²) in [5.74, 6) is -0.473. The molecule has 0 bridgehead atoms.